The third-order valence-electron chi connectivity index (χ3n) is 11.3. The topological polar surface area (TPSA) is 57.0 Å². The van der Waals surface area contributed by atoms with Gasteiger partial charge in [-0.05, 0) is 94.0 Å². The highest BCUT2D eigenvalue weighted by Crippen LogP contribution is 2.42. The molecule has 0 saturated heterocycles. The molecule has 0 unspecified atom stereocenters. The third kappa shape index (κ3) is 4.96. The molecule has 266 valence electrons. The highest BCUT2D eigenvalue weighted by atomic mass is 16.3. The van der Waals surface area contributed by atoms with Gasteiger partial charge in [-0.1, -0.05) is 121 Å². The summed E-state index contributed by atoms with van der Waals surface area (Å²) in [7, 11) is 0. The van der Waals surface area contributed by atoms with E-state index in [1.54, 1.807) is 6.33 Å². The Morgan fingerprint density at radius 2 is 1.04 bits per heavy atom. The Morgan fingerprint density at radius 3 is 1.88 bits per heavy atom. The van der Waals surface area contributed by atoms with Crippen molar-refractivity contribution in [2.45, 2.75) is 0 Å². The first-order valence-electron chi connectivity index (χ1n) is 19.1. The van der Waals surface area contributed by atoms with E-state index >= 15 is 0 Å². The van der Waals surface area contributed by atoms with E-state index < -0.39 is 0 Å². The van der Waals surface area contributed by atoms with E-state index in [0.717, 1.165) is 77.6 Å². The van der Waals surface area contributed by atoms with Crippen LogP contribution in [0.1, 0.15) is 0 Å². The Hall–Kier alpha value is -7.76. The van der Waals surface area contributed by atoms with Gasteiger partial charge >= 0.3 is 0 Å². The first-order valence-corrected chi connectivity index (χ1v) is 19.1. The lowest BCUT2D eigenvalue weighted by atomic mass is 9.98. The van der Waals surface area contributed by atoms with E-state index in [4.69, 9.17) is 18.8 Å². The predicted octanol–water partition coefficient (Wildman–Crippen LogP) is 14.0. The largest absolute Gasteiger partial charge is 0.456 e. The monoisotopic (exact) mass is 729 g/mol. The second kappa shape index (κ2) is 12.4. The number of aromatic nitrogens is 3. The maximum Gasteiger partial charge on any atom is 0.180 e. The zero-order valence-electron chi connectivity index (χ0n) is 30.6. The molecule has 0 spiro atoms. The summed E-state index contributed by atoms with van der Waals surface area (Å²) in [5.41, 5.74) is 15.8. The van der Waals surface area contributed by atoms with Crippen LogP contribution in [-0.4, -0.2) is 14.5 Å². The minimum atomic E-state index is 0.655. The Bertz CT molecular complexity index is 3500. The Morgan fingerprint density at radius 1 is 0.386 bits per heavy atom. The summed E-state index contributed by atoms with van der Waals surface area (Å²) in [6, 6.07) is 64.0. The molecule has 0 N–H and O–H groups in total. The number of fused-ring (bicyclic) bond motifs is 9. The summed E-state index contributed by atoms with van der Waals surface area (Å²) in [5.74, 6) is 0. The molecule has 5 nitrogen and oxygen atoms in total. The van der Waals surface area contributed by atoms with Crippen LogP contribution in [-0.2, 0) is 0 Å². The van der Waals surface area contributed by atoms with Crippen molar-refractivity contribution in [3.05, 3.63) is 188 Å². The van der Waals surface area contributed by atoms with Crippen LogP contribution in [0.25, 0.3) is 116 Å². The van der Waals surface area contributed by atoms with E-state index in [0.29, 0.717) is 5.58 Å². The highest BCUT2D eigenvalue weighted by molar-refractivity contribution is 6.17. The van der Waals surface area contributed by atoms with Crippen LogP contribution in [0.15, 0.2) is 197 Å². The van der Waals surface area contributed by atoms with Crippen LogP contribution in [0.4, 0.5) is 0 Å². The molecule has 0 aliphatic rings. The van der Waals surface area contributed by atoms with Crippen molar-refractivity contribution in [1.29, 1.82) is 0 Å². The molecule has 5 heteroatoms. The maximum atomic E-state index is 6.68. The molecule has 57 heavy (non-hydrogen) atoms. The number of rotatable bonds is 5. The van der Waals surface area contributed by atoms with E-state index in [2.05, 4.69) is 168 Å². The molecule has 0 atom stereocenters. The lowest BCUT2D eigenvalue weighted by Crippen LogP contribution is -1.92. The first-order chi connectivity index (χ1) is 28.2. The summed E-state index contributed by atoms with van der Waals surface area (Å²) in [4.78, 5) is 9.57. The predicted molar refractivity (Wildman–Crippen MR) is 233 cm³/mol. The van der Waals surface area contributed by atoms with E-state index in [-0.39, 0.29) is 0 Å². The van der Waals surface area contributed by atoms with Gasteiger partial charge in [0.05, 0.1) is 11.0 Å². The van der Waals surface area contributed by atoms with Crippen molar-refractivity contribution in [2.24, 2.45) is 0 Å². The van der Waals surface area contributed by atoms with Crippen molar-refractivity contribution >= 4 is 65.8 Å². The van der Waals surface area contributed by atoms with Crippen LogP contribution < -0.4 is 0 Å². The fourth-order valence-electron chi connectivity index (χ4n) is 8.64. The third-order valence-corrected chi connectivity index (χ3v) is 11.3. The van der Waals surface area contributed by atoms with Gasteiger partial charge in [0.2, 0.25) is 0 Å². The standard InChI is InChI=1S/C52H31N3O2/c1-3-10-32(11-4-1)33-18-20-34(21-19-33)37-22-25-40-48(30-37)57-52-50(40)53-31-54-51(52)41-15-9-17-47-49(41)43-29-36(24-27-46(43)56-47)35-23-26-45-42(28-35)39-14-7-8-16-44(39)55(45)38-12-5-2-6-13-38/h1-31H. The van der Waals surface area contributed by atoms with Crippen molar-refractivity contribution in [2.75, 3.05) is 0 Å². The van der Waals surface area contributed by atoms with E-state index in [1.165, 1.54) is 32.9 Å². The number of furan rings is 2. The van der Waals surface area contributed by atoms with Crippen molar-refractivity contribution in [3.63, 3.8) is 0 Å². The molecule has 0 aliphatic carbocycles. The summed E-state index contributed by atoms with van der Waals surface area (Å²) in [6.07, 6.45) is 1.64. The smallest absolute Gasteiger partial charge is 0.180 e. The molecule has 0 amide bonds. The molecule has 0 bridgehead atoms. The number of hydrogen-bond acceptors (Lipinski definition) is 4. The second-order valence-electron chi connectivity index (χ2n) is 14.6. The first kappa shape index (κ1) is 31.6. The fraction of sp³-hybridized carbons (Fsp3) is 0. The van der Waals surface area contributed by atoms with Gasteiger partial charge in [0.25, 0.3) is 0 Å². The quantitative estimate of drug-likeness (QED) is 0.177. The van der Waals surface area contributed by atoms with Gasteiger partial charge in [0, 0.05) is 38.2 Å². The average Bonchev–Trinajstić information content (AvgIpc) is 3.96. The van der Waals surface area contributed by atoms with Gasteiger partial charge in [-0.3, -0.25) is 0 Å². The van der Waals surface area contributed by atoms with Gasteiger partial charge < -0.3 is 13.4 Å². The summed E-state index contributed by atoms with van der Waals surface area (Å²) in [5, 5.41) is 5.41. The number of para-hydroxylation sites is 2. The minimum Gasteiger partial charge on any atom is -0.456 e. The Kier molecular flexibility index (Phi) is 6.86. The molecule has 8 aromatic carbocycles. The lowest BCUT2D eigenvalue weighted by Gasteiger charge is -2.08. The molecule has 4 heterocycles. The van der Waals surface area contributed by atoms with Crippen molar-refractivity contribution in [3.8, 4) is 50.3 Å². The van der Waals surface area contributed by atoms with Gasteiger partial charge in [-0.2, -0.15) is 0 Å². The van der Waals surface area contributed by atoms with Crippen molar-refractivity contribution < 1.29 is 8.83 Å². The van der Waals surface area contributed by atoms with Crippen molar-refractivity contribution in [1.82, 2.24) is 14.5 Å². The van der Waals surface area contributed by atoms with Crippen LogP contribution in [0.3, 0.4) is 0 Å². The number of nitrogens with zero attached hydrogens (tertiary/aromatic N) is 3. The molecule has 0 radical (unpaired) electrons. The minimum absolute atomic E-state index is 0.655. The summed E-state index contributed by atoms with van der Waals surface area (Å²) < 4.78 is 15.5. The molecule has 4 aromatic heterocycles. The van der Waals surface area contributed by atoms with Crippen LogP contribution in [0.2, 0.25) is 0 Å². The molecule has 0 saturated carbocycles. The number of benzene rings is 8. The van der Waals surface area contributed by atoms with E-state index in [9.17, 15) is 0 Å². The molecular weight excluding hydrogens is 699 g/mol. The molecule has 0 fully saturated rings. The lowest BCUT2D eigenvalue weighted by molar-refractivity contribution is 0.667. The Balaban J connectivity index is 0.975. The van der Waals surface area contributed by atoms with Crippen LogP contribution in [0, 0.1) is 0 Å². The normalized spacial score (nSPS) is 11.9. The SMILES string of the molecule is c1ccc(-c2ccc(-c3ccc4c(c3)oc3c(-c5cccc6oc7ccc(-c8ccc9c(c8)c8ccccc8n9-c8ccccc8)cc7c56)ncnc34)cc2)cc1. The van der Waals surface area contributed by atoms with Gasteiger partial charge in [-0.15, -0.1) is 0 Å². The zero-order chi connectivity index (χ0) is 37.5. The average molecular weight is 730 g/mol. The zero-order valence-corrected chi connectivity index (χ0v) is 30.6. The fourth-order valence-corrected chi connectivity index (χ4v) is 8.64. The van der Waals surface area contributed by atoms with Gasteiger partial charge in [-0.25, -0.2) is 9.97 Å². The highest BCUT2D eigenvalue weighted by Gasteiger charge is 2.21. The molecule has 12 rings (SSSR count). The molecule has 0 aliphatic heterocycles. The summed E-state index contributed by atoms with van der Waals surface area (Å²) >= 11 is 0. The second-order valence-corrected chi connectivity index (χ2v) is 14.6. The Labute approximate surface area is 326 Å². The molecule has 12 aromatic rings. The maximum absolute atomic E-state index is 6.68. The van der Waals surface area contributed by atoms with Crippen LogP contribution in [0.5, 0.6) is 0 Å². The summed E-state index contributed by atoms with van der Waals surface area (Å²) in [6.45, 7) is 0. The van der Waals surface area contributed by atoms with E-state index in [1.807, 2.05) is 18.2 Å². The van der Waals surface area contributed by atoms with Gasteiger partial charge in [0.1, 0.15) is 34.3 Å². The number of hydrogen-bond donors (Lipinski definition) is 0. The van der Waals surface area contributed by atoms with Gasteiger partial charge in [0.15, 0.2) is 5.58 Å². The molecular formula is C52H31N3O2. The van der Waals surface area contributed by atoms with Crippen LogP contribution >= 0.6 is 0 Å².